The molecule has 0 aliphatic heterocycles. The van der Waals surface area contributed by atoms with Gasteiger partial charge in [-0.2, -0.15) is 0 Å². The van der Waals surface area contributed by atoms with E-state index in [-0.39, 0.29) is 17.0 Å². The third-order valence-electron chi connectivity index (χ3n) is 3.36. The van der Waals surface area contributed by atoms with E-state index in [0.29, 0.717) is 11.5 Å². The van der Waals surface area contributed by atoms with Crippen LogP contribution in [0.3, 0.4) is 0 Å². The Morgan fingerprint density at radius 1 is 1.16 bits per heavy atom. The molecule has 0 heterocycles. The summed E-state index contributed by atoms with van der Waals surface area (Å²) in [5.74, 6) is 0.508. The lowest BCUT2D eigenvalue weighted by molar-refractivity contribution is 0.0960. The minimum absolute atomic E-state index is 0.0246. The fraction of sp³-hybridized carbons (Fsp3) is 0.235. The number of carbonyl (C=O) groups excluding carboxylic acids is 1. The highest BCUT2D eigenvalue weighted by Gasteiger charge is 2.19. The SMILES string of the molecule is CNC(=O)c1cc(S(=O)(=O)NCCSc2ccccc2)ccc1OC. The third-order valence-corrected chi connectivity index (χ3v) is 5.83. The number of ether oxygens (including phenoxy) is 1. The summed E-state index contributed by atoms with van der Waals surface area (Å²) in [6.45, 7) is 0.281. The summed E-state index contributed by atoms with van der Waals surface area (Å²) < 4.78 is 32.5. The van der Waals surface area contributed by atoms with E-state index in [4.69, 9.17) is 4.74 Å². The molecule has 1 amide bonds. The quantitative estimate of drug-likeness (QED) is 0.541. The first kappa shape index (κ1) is 19.3. The van der Waals surface area contributed by atoms with Crippen molar-refractivity contribution in [2.45, 2.75) is 9.79 Å². The van der Waals surface area contributed by atoms with E-state index >= 15 is 0 Å². The van der Waals surface area contributed by atoms with Crippen molar-refractivity contribution in [1.29, 1.82) is 0 Å². The standard InChI is InChI=1S/C17H20N2O4S2/c1-18-17(20)15-12-14(8-9-16(15)23-2)25(21,22)19-10-11-24-13-6-4-3-5-7-13/h3-9,12,19H,10-11H2,1-2H3,(H,18,20). The van der Waals surface area contributed by atoms with Gasteiger partial charge in [0, 0.05) is 24.2 Å². The second-order valence-electron chi connectivity index (χ2n) is 5.00. The first-order valence-electron chi connectivity index (χ1n) is 7.55. The third kappa shape index (κ3) is 5.22. The molecular formula is C17H20N2O4S2. The number of methoxy groups -OCH3 is 1. The lowest BCUT2D eigenvalue weighted by Gasteiger charge is -2.11. The van der Waals surface area contributed by atoms with Crippen molar-refractivity contribution in [3.05, 3.63) is 54.1 Å². The molecule has 0 aromatic heterocycles. The van der Waals surface area contributed by atoms with Gasteiger partial charge in [0.15, 0.2) is 0 Å². The van der Waals surface area contributed by atoms with Crippen molar-refractivity contribution in [2.75, 3.05) is 26.5 Å². The maximum atomic E-state index is 12.4. The van der Waals surface area contributed by atoms with Crippen molar-refractivity contribution in [1.82, 2.24) is 10.0 Å². The Morgan fingerprint density at radius 3 is 2.52 bits per heavy atom. The summed E-state index contributed by atoms with van der Waals surface area (Å²) in [5, 5.41) is 2.47. The molecule has 25 heavy (non-hydrogen) atoms. The smallest absolute Gasteiger partial charge is 0.254 e. The number of benzene rings is 2. The Morgan fingerprint density at radius 2 is 1.88 bits per heavy atom. The van der Waals surface area contributed by atoms with Crippen molar-refractivity contribution < 1.29 is 17.9 Å². The van der Waals surface area contributed by atoms with Crippen LogP contribution in [-0.2, 0) is 10.0 Å². The van der Waals surface area contributed by atoms with E-state index in [1.807, 2.05) is 30.3 Å². The molecule has 2 rings (SSSR count). The molecule has 6 nitrogen and oxygen atoms in total. The minimum atomic E-state index is -3.70. The normalized spacial score (nSPS) is 11.1. The van der Waals surface area contributed by atoms with Gasteiger partial charge in [-0.15, -0.1) is 11.8 Å². The molecule has 0 unspecified atom stereocenters. The number of hydrogen-bond donors (Lipinski definition) is 2. The first-order valence-corrected chi connectivity index (χ1v) is 10.0. The maximum Gasteiger partial charge on any atom is 0.254 e. The summed E-state index contributed by atoms with van der Waals surface area (Å²) in [4.78, 5) is 13.0. The fourth-order valence-corrected chi connectivity index (χ4v) is 4.09. The van der Waals surface area contributed by atoms with Gasteiger partial charge in [-0.05, 0) is 30.3 Å². The van der Waals surface area contributed by atoms with Gasteiger partial charge in [-0.3, -0.25) is 4.79 Å². The topological polar surface area (TPSA) is 84.5 Å². The number of rotatable bonds is 8. The van der Waals surface area contributed by atoms with Crippen molar-refractivity contribution in [3.8, 4) is 5.75 Å². The minimum Gasteiger partial charge on any atom is -0.496 e. The van der Waals surface area contributed by atoms with Gasteiger partial charge in [-0.25, -0.2) is 13.1 Å². The molecule has 0 aliphatic carbocycles. The summed E-state index contributed by atoms with van der Waals surface area (Å²) >= 11 is 1.56. The van der Waals surface area contributed by atoms with E-state index in [9.17, 15) is 13.2 Å². The predicted octanol–water partition coefficient (Wildman–Crippen LogP) is 2.13. The molecular weight excluding hydrogens is 360 g/mol. The van der Waals surface area contributed by atoms with E-state index < -0.39 is 15.9 Å². The highest BCUT2D eigenvalue weighted by Crippen LogP contribution is 2.22. The van der Waals surface area contributed by atoms with Crippen LogP contribution in [0.4, 0.5) is 0 Å². The second kappa shape index (κ2) is 8.89. The molecule has 2 aromatic carbocycles. The zero-order chi connectivity index (χ0) is 18.3. The van der Waals surface area contributed by atoms with Crippen LogP contribution in [0.2, 0.25) is 0 Å². The number of hydrogen-bond acceptors (Lipinski definition) is 5. The average Bonchev–Trinajstić information content (AvgIpc) is 2.65. The van der Waals surface area contributed by atoms with Gasteiger partial charge in [0.25, 0.3) is 5.91 Å². The molecule has 2 N–H and O–H groups in total. The number of thioether (sulfide) groups is 1. The molecule has 0 radical (unpaired) electrons. The molecule has 0 saturated heterocycles. The van der Waals surface area contributed by atoms with E-state index in [0.717, 1.165) is 4.90 Å². The van der Waals surface area contributed by atoms with Crippen LogP contribution >= 0.6 is 11.8 Å². The van der Waals surface area contributed by atoms with Crippen molar-refractivity contribution >= 4 is 27.7 Å². The maximum absolute atomic E-state index is 12.4. The predicted molar refractivity (Wildman–Crippen MR) is 98.7 cm³/mol. The molecule has 0 aliphatic rings. The van der Waals surface area contributed by atoms with Crippen LogP contribution in [-0.4, -0.2) is 40.8 Å². The zero-order valence-corrected chi connectivity index (χ0v) is 15.6. The summed E-state index contributed by atoms with van der Waals surface area (Å²) in [6, 6.07) is 13.9. The molecule has 0 atom stereocenters. The average molecular weight is 380 g/mol. The Kier molecular flexibility index (Phi) is 6.86. The number of carbonyl (C=O) groups is 1. The molecule has 2 aromatic rings. The Bertz CT molecular complexity index is 824. The first-order chi connectivity index (χ1) is 12.0. The van der Waals surface area contributed by atoms with Gasteiger partial charge in [0.1, 0.15) is 5.75 Å². The fourth-order valence-electron chi connectivity index (χ4n) is 2.11. The van der Waals surface area contributed by atoms with Crippen LogP contribution in [0, 0.1) is 0 Å². The van der Waals surface area contributed by atoms with Crippen LogP contribution < -0.4 is 14.8 Å². The van der Waals surface area contributed by atoms with Crippen molar-refractivity contribution in [2.24, 2.45) is 0 Å². The Labute approximate surface area is 152 Å². The molecule has 0 bridgehead atoms. The van der Waals surface area contributed by atoms with Crippen molar-refractivity contribution in [3.63, 3.8) is 0 Å². The van der Waals surface area contributed by atoms with Crippen LogP contribution in [0.5, 0.6) is 5.75 Å². The second-order valence-corrected chi connectivity index (χ2v) is 7.94. The number of nitrogens with one attached hydrogen (secondary N) is 2. The highest BCUT2D eigenvalue weighted by molar-refractivity contribution is 7.99. The molecule has 0 fully saturated rings. The summed E-state index contributed by atoms with van der Waals surface area (Å²) in [6.07, 6.45) is 0. The highest BCUT2D eigenvalue weighted by atomic mass is 32.2. The number of sulfonamides is 1. The largest absolute Gasteiger partial charge is 0.496 e. The van der Waals surface area contributed by atoms with Crippen LogP contribution in [0.25, 0.3) is 0 Å². The van der Waals surface area contributed by atoms with Gasteiger partial charge in [0.05, 0.1) is 17.6 Å². The molecule has 0 saturated carbocycles. The van der Waals surface area contributed by atoms with Crippen LogP contribution in [0.1, 0.15) is 10.4 Å². The van der Waals surface area contributed by atoms with Gasteiger partial charge >= 0.3 is 0 Å². The summed E-state index contributed by atoms with van der Waals surface area (Å²) in [7, 11) is -0.803. The van der Waals surface area contributed by atoms with Gasteiger partial charge < -0.3 is 10.1 Å². The Hall–Kier alpha value is -2.03. The number of amides is 1. The molecule has 0 spiro atoms. The van der Waals surface area contributed by atoms with Gasteiger partial charge in [0.2, 0.25) is 10.0 Å². The molecule has 8 heteroatoms. The lowest BCUT2D eigenvalue weighted by Crippen LogP contribution is -2.27. The van der Waals surface area contributed by atoms with E-state index in [2.05, 4.69) is 10.0 Å². The Balaban J connectivity index is 2.04. The summed E-state index contributed by atoms with van der Waals surface area (Å²) in [5.41, 5.74) is 0.173. The zero-order valence-electron chi connectivity index (χ0n) is 14.0. The lowest BCUT2D eigenvalue weighted by atomic mass is 10.2. The monoisotopic (exact) mass is 380 g/mol. The van der Waals surface area contributed by atoms with E-state index in [1.54, 1.807) is 11.8 Å². The van der Waals surface area contributed by atoms with E-state index in [1.165, 1.54) is 32.4 Å². The molecule has 134 valence electrons. The van der Waals surface area contributed by atoms with Crippen LogP contribution in [0.15, 0.2) is 58.3 Å². The van der Waals surface area contributed by atoms with Gasteiger partial charge in [-0.1, -0.05) is 18.2 Å².